The molecule has 3 heterocycles. The molecule has 31 heavy (non-hydrogen) atoms. The van der Waals surface area contributed by atoms with E-state index in [-0.39, 0.29) is 16.2 Å². The number of para-hydroxylation sites is 1. The van der Waals surface area contributed by atoms with E-state index in [9.17, 15) is 18.0 Å². The van der Waals surface area contributed by atoms with Crippen LogP contribution in [0.25, 0.3) is 16.7 Å². The number of thiophene rings is 1. The molecule has 0 atom stereocenters. The monoisotopic (exact) mass is 473 g/mol. The normalized spacial score (nSPS) is 11.7. The third-order valence-corrected chi connectivity index (χ3v) is 8.08. The number of pyridine rings is 1. The maximum atomic E-state index is 12.9. The van der Waals surface area contributed by atoms with Crippen LogP contribution in [-0.2, 0) is 21.1 Å². The maximum absolute atomic E-state index is 12.9. The number of halogens is 1. The number of Topliss-reactive ketones (excluding diaryl/α,β-unsaturated/α-hetero) is 1. The first-order chi connectivity index (χ1) is 14.7. The van der Waals surface area contributed by atoms with Crippen LogP contribution in [0.15, 0.2) is 63.7 Å². The standard InChI is InChI=1S/C21H16ClN3O4S2/c1-13-24-17-5-3-2-4-16(17)21(27)25(13)19-8-6-14(11-23-19)10-15(26)12-31(28,29)20-9-7-18(22)30-20/h2-9,11H,10,12H2,1H3. The SMILES string of the molecule is Cc1nc2ccccc2c(=O)n1-c1ccc(CC(=O)CS(=O)(=O)c2ccc(Cl)s2)cn1. The van der Waals surface area contributed by atoms with Crippen molar-refractivity contribution >= 4 is 49.5 Å². The molecule has 1 aromatic carbocycles. The van der Waals surface area contributed by atoms with E-state index in [1.54, 1.807) is 37.3 Å². The highest BCUT2D eigenvalue weighted by Gasteiger charge is 2.21. The molecule has 0 bridgehead atoms. The molecule has 0 aliphatic heterocycles. The van der Waals surface area contributed by atoms with Crippen LogP contribution in [0.2, 0.25) is 4.34 Å². The molecule has 158 valence electrons. The van der Waals surface area contributed by atoms with Gasteiger partial charge in [0.2, 0.25) is 0 Å². The van der Waals surface area contributed by atoms with E-state index in [2.05, 4.69) is 9.97 Å². The Hall–Kier alpha value is -2.88. The molecule has 0 saturated heterocycles. The van der Waals surface area contributed by atoms with Crippen LogP contribution in [0.5, 0.6) is 0 Å². The Balaban J connectivity index is 1.55. The number of sulfone groups is 1. The average Bonchev–Trinajstić information content (AvgIpc) is 3.16. The van der Waals surface area contributed by atoms with Gasteiger partial charge in [-0.2, -0.15) is 0 Å². The Morgan fingerprint density at radius 1 is 1.13 bits per heavy atom. The molecule has 0 aliphatic carbocycles. The number of nitrogens with zero attached hydrogens (tertiary/aromatic N) is 3. The molecule has 0 fully saturated rings. The number of aryl methyl sites for hydroxylation is 1. The molecule has 4 aromatic rings. The summed E-state index contributed by atoms with van der Waals surface area (Å²) in [5, 5.41) is 0.480. The Morgan fingerprint density at radius 3 is 2.58 bits per heavy atom. The third-order valence-electron chi connectivity index (χ3n) is 4.59. The number of aromatic nitrogens is 3. The lowest BCUT2D eigenvalue weighted by Crippen LogP contribution is -2.23. The van der Waals surface area contributed by atoms with Crippen molar-refractivity contribution in [3.63, 3.8) is 0 Å². The Morgan fingerprint density at radius 2 is 1.90 bits per heavy atom. The Labute approximate surface area is 186 Å². The number of rotatable bonds is 6. The molecule has 0 saturated carbocycles. The van der Waals surface area contributed by atoms with Crippen LogP contribution in [0, 0.1) is 6.92 Å². The van der Waals surface area contributed by atoms with Gasteiger partial charge in [-0.3, -0.25) is 9.59 Å². The summed E-state index contributed by atoms with van der Waals surface area (Å²) in [6, 6.07) is 13.2. The summed E-state index contributed by atoms with van der Waals surface area (Å²) < 4.78 is 26.5. The van der Waals surface area contributed by atoms with Gasteiger partial charge >= 0.3 is 0 Å². The minimum Gasteiger partial charge on any atom is -0.298 e. The van der Waals surface area contributed by atoms with Gasteiger partial charge in [0.05, 0.1) is 15.2 Å². The van der Waals surface area contributed by atoms with Crippen molar-refractivity contribution in [3.05, 3.63) is 80.8 Å². The van der Waals surface area contributed by atoms with Crippen LogP contribution < -0.4 is 5.56 Å². The van der Waals surface area contributed by atoms with Crippen molar-refractivity contribution in [2.75, 3.05) is 5.75 Å². The zero-order valence-electron chi connectivity index (χ0n) is 16.3. The predicted molar refractivity (Wildman–Crippen MR) is 120 cm³/mol. The van der Waals surface area contributed by atoms with Gasteiger partial charge in [-0.1, -0.05) is 29.8 Å². The van der Waals surface area contributed by atoms with Crippen LogP contribution in [0.3, 0.4) is 0 Å². The largest absolute Gasteiger partial charge is 0.298 e. The Kier molecular flexibility index (Phi) is 5.74. The highest BCUT2D eigenvalue weighted by atomic mass is 35.5. The molecular formula is C21H16ClN3O4S2. The fourth-order valence-corrected chi connectivity index (χ4v) is 6.01. The third kappa shape index (κ3) is 4.43. The molecule has 0 spiro atoms. The molecule has 7 nitrogen and oxygen atoms in total. The van der Waals surface area contributed by atoms with Crippen molar-refractivity contribution in [3.8, 4) is 5.82 Å². The number of hydrogen-bond acceptors (Lipinski definition) is 7. The van der Waals surface area contributed by atoms with Crippen LogP contribution in [-0.4, -0.2) is 34.5 Å². The van der Waals surface area contributed by atoms with Gasteiger partial charge in [0.15, 0.2) is 15.6 Å². The van der Waals surface area contributed by atoms with Crippen molar-refractivity contribution in [2.45, 2.75) is 17.6 Å². The minimum absolute atomic E-state index is 0.0676. The predicted octanol–water partition coefficient (Wildman–Crippen LogP) is 3.39. The lowest BCUT2D eigenvalue weighted by molar-refractivity contribution is -0.116. The van der Waals surface area contributed by atoms with Gasteiger partial charge in [-0.15, -0.1) is 11.3 Å². The van der Waals surface area contributed by atoms with E-state index in [1.165, 1.54) is 22.9 Å². The van der Waals surface area contributed by atoms with Gasteiger partial charge in [0.25, 0.3) is 5.56 Å². The number of hydrogen-bond donors (Lipinski definition) is 0. The molecule has 0 amide bonds. The summed E-state index contributed by atoms with van der Waals surface area (Å²) in [6.07, 6.45) is 1.37. The van der Waals surface area contributed by atoms with Crippen molar-refractivity contribution in [1.29, 1.82) is 0 Å². The van der Waals surface area contributed by atoms with Gasteiger partial charge in [-0.25, -0.2) is 23.0 Å². The first-order valence-corrected chi connectivity index (χ1v) is 12.0. The van der Waals surface area contributed by atoms with Gasteiger partial charge in [0, 0.05) is 12.6 Å². The van der Waals surface area contributed by atoms with E-state index in [0.717, 1.165) is 11.3 Å². The van der Waals surface area contributed by atoms with E-state index < -0.39 is 21.4 Å². The van der Waals surface area contributed by atoms with E-state index in [1.807, 2.05) is 6.07 Å². The first-order valence-electron chi connectivity index (χ1n) is 9.18. The van der Waals surface area contributed by atoms with E-state index in [4.69, 9.17) is 11.6 Å². The zero-order valence-corrected chi connectivity index (χ0v) is 18.7. The maximum Gasteiger partial charge on any atom is 0.267 e. The van der Waals surface area contributed by atoms with Gasteiger partial charge in [0.1, 0.15) is 21.6 Å². The van der Waals surface area contributed by atoms with Gasteiger partial charge in [-0.05, 0) is 42.8 Å². The fourth-order valence-electron chi connectivity index (χ4n) is 3.19. The van der Waals surface area contributed by atoms with Crippen LogP contribution >= 0.6 is 22.9 Å². The number of carbonyl (C=O) groups is 1. The molecule has 10 heteroatoms. The lowest BCUT2D eigenvalue weighted by Gasteiger charge is -2.10. The average molecular weight is 474 g/mol. The minimum atomic E-state index is -3.73. The second-order valence-corrected chi connectivity index (χ2v) is 10.8. The van der Waals surface area contributed by atoms with Crippen molar-refractivity contribution in [2.24, 2.45) is 0 Å². The van der Waals surface area contributed by atoms with Crippen LogP contribution in [0.4, 0.5) is 0 Å². The summed E-state index contributed by atoms with van der Waals surface area (Å²) in [4.78, 5) is 33.9. The number of carbonyl (C=O) groups excluding carboxylic acids is 1. The second-order valence-electron chi connectivity index (χ2n) is 6.87. The summed E-state index contributed by atoms with van der Waals surface area (Å²) in [5.41, 5.74) is 0.921. The molecule has 0 aliphatic rings. The number of fused-ring (bicyclic) bond motifs is 1. The summed E-state index contributed by atoms with van der Waals surface area (Å²) in [5.74, 6) is -0.211. The molecule has 0 unspecified atom stereocenters. The summed E-state index contributed by atoms with van der Waals surface area (Å²) in [6.45, 7) is 1.72. The quantitative estimate of drug-likeness (QED) is 0.425. The topological polar surface area (TPSA) is 99.0 Å². The second kappa shape index (κ2) is 8.33. The number of ketones is 1. The first kappa shape index (κ1) is 21.4. The molecule has 4 rings (SSSR count). The molecule has 3 aromatic heterocycles. The number of benzene rings is 1. The summed E-state index contributed by atoms with van der Waals surface area (Å²) >= 11 is 6.71. The van der Waals surface area contributed by atoms with Gasteiger partial charge < -0.3 is 0 Å². The highest BCUT2D eigenvalue weighted by molar-refractivity contribution is 7.94. The highest BCUT2D eigenvalue weighted by Crippen LogP contribution is 2.26. The summed E-state index contributed by atoms with van der Waals surface area (Å²) in [7, 11) is -3.73. The Bertz CT molecular complexity index is 1460. The smallest absolute Gasteiger partial charge is 0.267 e. The fraction of sp³-hybridized carbons (Fsp3) is 0.143. The molecular weight excluding hydrogens is 458 g/mol. The van der Waals surface area contributed by atoms with E-state index >= 15 is 0 Å². The molecule has 0 N–H and O–H groups in total. The van der Waals surface area contributed by atoms with E-state index in [0.29, 0.717) is 32.4 Å². The van der Waals surface area contributed by atoms with Crippen LogP contribution in [0.1, 0.15) is 11.4 Å². The van der Waals surface area contributed by atoms with Crippen molar-refractivity contribution < 1.29 is 13.2 Å². The van der Waals surface area contributed by atoms with Crippen molar-refractivity contribution in [1.82, 2.24) is 14.5 Å². The molecule has 0 radical (unpaired) electrons. The zero-order chi connectivity index (χ0) is 22.2. The lowest BCUT2D eigenvalue weighted by atomic mass is 10.1.